The molecule has 2 aromatic carbocycles. The van der Waals surface area contributed by atoms with Gasteiger partial charge in [-0.05, 0) is 37.3 Å². The summed E-state index contributed by atoms with van der Waals surface area (Å²) in [6.45, 7) is 4.92. The lowest BCUT2D eigenvalue weighted by molar-refractivity contribution is -0.163. The maximum atomic E-state index is 13.3. The molecule has 0 aromatic heterocycles. The van der Waals surface area contributed by atoms with E-state index >= 15 is 0 Å². The zero-order chi connectivity index (χ0) is 23.1. The first-order valence-electron chi connectivity index (χ1n) is 11.0. The molecule has 1 saturated heterocycles. The Kier molecular flexibility index (Phi) is 8.28. The van der Waals surface area contributed by atoms with Crippen LogP contribution in [0.1, 0.15) is 55.1 Å². The van der Waals surface area contributed by atoms with E-state index < -0.39 is 24.0 Å². The number of carbonyl (C=O) groups is 3. The number of hydrogen-bond donors (Lipinski definition) is 1. The van der Waals surface area contributed by atoms with Crippen molar-refractivity contribution in [3.05, 3.63) is 70.7 Å². The Hall–Kier alpha value is -2.86. The quantitative estimate of drug-likeness (QED) is 0.627. The van der Waals surface area contributed by atoms with Gasteiger partial charge in [-0.2, -0.15) is 0 Å². The van der Waals surface area contributed by atoms with Crippen LogP contribution in [0.2, 0.25) is 5.02 Å². The van der Waals surface area contributed by atoms with Crippen LogP contribution in [0.15, 0.2) is 54.6 Å². The lowest BCUT2D eigenvalue weighted by Crippen LogP contribution is -2.47. The van der Waals surface area contributed by atoms with Crippen LogP contribution in [0.3, 0.4) is 0 Å². The summed E-state index contributed by atoms with van der Waals surface area (Å²) in [7, 11) is 0. The number of ether oxygens (including phenoxy) is 1. The van der Waals surface area contributed by atoms with Crippen LogP contribution in [0.5, 0.6) is 0 Å². The van der Waals surface area contributed by atoms with Gasteiger partial charge in [-0.3, -0.25) is 9.59 Å². The number of amides is 2. The number of nitrogens with one attached hydrogen (secondary N) is 1. The smallest absolute Gasteiger partial charge is 0.330 e. The van der Waals surface area contributed by atoms with Crippen molar-refractivity contribution < 1.29 is 19.1 Å². The van der Waals surface area contributed by atoms with Crippen LogP contribution in [0.25, 0.3) is 0 Å². The molecule has 2 amide bonds. The molecule has 0 spiro atoms. The first-order chi connectivity index (χ1) is 15.4. The maximum absolute atomic E-state index is 13.3. The van der Waals surface area contributed by atoms with Crippen molar-refractivity contribution in [2.45, 2.75) is 45.3 Å². The molecule has 0 bridgehead atoms. The molecule has 0 radical (unpaired) electrons. The maximum Gasteiger partial charge on any atom is 0.330 e. The fourth-order valence-corrected chi connectivity index (χ4v) is 3.94. The van der Waals surface area contributed by atoms with Gasteiger partial charge in [0, 0.05) is 18.7 Å². The van der Waals surface area contributed by atoms with E-state index in [4.69, 9.17) is 16.3 Å². The van der Waals surface area contributed by atoms with Gasteiger partial charge in [-0.1, -0.05) is 67.9 Å². The SMILES string of the molecule is CC(C)[C@H](NC(=O)c1ccccc1Cl)C(=O)OC(C(=O)N1CCCCC1)c1ccccc1. The number of esters is 1. The van der Waals surface area contributed by atoms with Gasteiger partial charge in [0.2, 0.25) is 6.10 Å². The van der Waals surface area contributed by atoms with E-state index in [-0.39, 0.29) is 17.4 Å². The Morgan fingerprint density at radius 3 is 2.19 bits per heavy atom. The number of nitrogens with zero attached hydrogens (tertiary/aromatic N) is 1. The zero-order valence-corrected chi connectivity index (χ0v) is 19.2. The highest BCUT2D eigenvalue weighted by molar-refractivity contribution is 6.33. The fraction of sp³-hybridized carbons (Fsp3) is 0.400. The van der Waals surface area contributed by atoms with E-state index in [1.54, 1.807) is 53.4 Å². The van der Waals surface area contributed by atoms with Gasteiger partial charge in [0.15, 0.2) is 0 Å². The summed E-state index contributed by atoms with van der Waals surface area (Å²) in [6, 6.07) is 14.7. The molecule has 2 aromatic rings. The van der Waals surface area contributed by atoms with E-state index in [0.29, 0.717) is 23.7 Å². The van der Waals surface area contributed by atoms with E-state index in [0.717, 1.165) is 19.3 Å². The highest BCUT2D eigenvalue weighted by Crippen LogP contribution is 2.24. The molecule has 0 saturated carbocycles. The first kappa shape index (κ1) is 23.8. The first-order valence-corrected chi connectivity index (χ1v) is 11.4. The summed E-state index contributed by atoms with van der Waals surface area (Å²) in [6.07, 6.45) is 1.90. The normalized spacial score (nSPS) is 15.7. The lowest BCUT2D eigenvalue weighted by Gasteiger charge is -2.31. The zero-order valence-electron chi connectivity index (χ0n) is 18.4. The number of rotatable bonds is 7. The second-order valence-electron chi connectivity index (χ2n) is 8.29. The molecule has 1 fully saturated rings. The minimum absolute atomic E-state index is 0.232. The second-order valence-corrected chi connectivity index (χ2v) is 8.70. The third-order valence-electron chi connectivity index (χ3n) is 5.55. The Bertz CT molecular complexity index is 942. The molecule has 170 valence electrons. The van der Waals surface area contributed by atoms with Gasteiger partial charge < -0.3 is 15.0 Å². The van der Waals surface area contributed by atoms with Crippen molar-refractivity contribution in [3.8, 4) is 0 Å². The van der Waals surface area contributed by atoms with Gasteiger partial charge in [-0.25, -0.2) is 4.79 Å². The third-order valence-corrected chi connectivity index (χ3v) is 5.88. The molecule has 6 nitrogen and oxygen atoms in total. The Labute approximate surface area is 193 Å². The van der Waals surface area contributed by atoms with Crippen molar-refractivity contribution in [2.24, 2.45) is 5.92 Å². The Balaban J connectivity index is 1.80. The summed E-state index contributed by atoms with van der Waals surface area (Å²) in [5, 5.41) is 3.02. The molecule has 7 heteroatoms. The number of benzene rings is 2. The van der Waals surface area contributed by atoms with Crippen molar-refractivity contribution >= 4 is 29.4 Å². The molecule has 1 heterocycles. The second kappa shape index (κ2) is 11.1. The van der Waals surface area contributed by atoms with E-state index in [1.807, 2.05) is 19.9 Å². The summed E-state index contributed by atoms with van der Waals surface area (Å²) in [5.41, 5.74) is 0.882. The minimum Gasteiger partial charge on any atom is -0.446 e. The van der Waals surface area contributed by atoms with Crippen molar-refractivity contribution in [1.82, 2.24) is 10.2 Å². The number of carbonyl (C=O) groups excluding carboxylic acids is 3. The van der Waals surface area contributed by atoms with Crippen LogP contribution < -0.4 is 5.32 Å². The predicted molar refractivity (Wildman–Crippen MR) is 123 cm³/mol. The van der Waals surface area contributed by atoms with Crippen molar-refractivity contribution in [1.29, 1.82) is 0 Å². The average Bonchev–Trinajstić information content (AvgIpc) is 2.81. The van der Waals surface area contributed by atoms with Crippen LogP contribution in [0, 0.1) is 5.92 Å². The van der Waals surface area contributed by atoms with Gasteiger partial charge in [-0.15, -0.1) is 0 Å². The molecule has 1 aliphatic rings. The molecule has 1 aliphatic heterocycles. The molecule has 0 aliphatic carbocycles. The van der Waals surface area contributed by atoms with Crippen molar-refractivity contribution in [3.63, 3.8) is 0 Å². The topological polar surface area (TPSA) is 75.7 Å². The fourth-order valence-electron chi connectivity index (χ4n) is 3.72. The van der Waals surface area contributed by atoms with Crippen LogP contribution in [0.4, 0.5) is 0 Å². The van der Waals surface area contributed by atoms with Gasteiger partial charge >= 0.3 is 5.97 Å². The van der Waals surface area contributed by atoms with Gasteiger partial charge in [0.1, 0.15) is 6.04 Å². The Morgan fingerprint density at radius 1 is 0.938 bits per heavy atom. The number of halogens is 1. The van der Waals surface area contributed by atoms with Crippen LogP contribution >= 0.6 is 11.6 Å². The van der Waals surface area contributed by atoms with E-state index in [9.17, 15) is 14.4 Å². The monoisotopic (exact) mass is 456 g/mol. The lowest BCUT2D eigenvalue weighted by atomic mass is 10.0. The molecule has 32 heavy (non-hydrogen) atoms. The number of likely N-dealkylation sites (tertiary alicyclic amines) is 1. The van der Waals surface area contributed by atoms with Gasteiger partial charge in [0.25, 0.3) is 11.8 Å². The van der Waals surface area contributed by atoms with Gasteiger partial charge in [0.05, 0.1) is 10.6 Å². The standard InChI is InChI=1S/C25H29ClN2O4/c1-17(2)21(27-23(29)19-13-7-8-14-20(19)26)25(31)32-22(18-11-5-3-6-12-18)24(30)28-15-9-4-10-16-28/h3,5-8,11-14,17,21-22H,4,9-10,15-16H2,1-2H3,(H,27,29)/t21-,22?/m0/s1. The predicted octanol–water partition coefficient (Wildman–Crippen LogP) is 4.39. The molecule has 1 N–H and O–H groups in total. The summed E-state index contributed by atoms with van der Waals surface area (Å²) < 4.78 is 5.76. The van der Waals surface area contributed by atoms with Crippen LogP contribution in [-0.4, -0.2) is 41.8 Å². The molecule has 2 atom stereocenters. The molecular formula is C25H29ClN2O4. The minimum atomic E-state index is -1.06. The Morgan fingerprint density at radius 2 is 1.56 bits per heavy atom. The number of hydrogen-bond acceptors (Lipinski definition) is 4. The van der Waals surface area contributed by atoms with E-state index in [1.165, 1.54) is 0 Å². The van der Waals surface area contributed by atoms with E-state index in [2.05, 4.69) is 5.32 Å². The average molecular weight is 457 g/mol. The molecule has 1 unspecified atom stereocenters. The van der Waals surface area contributed by atoms with Crippen LogP contribution in [-0.2, 0) is 14.3 Å². The summed E-state index contributed by atoms with van der Waals surface area (Å²) >= 11 is 6.13. The largest absolute Gasteiger partial charge is 0.446 e. The summed E-state index contributed by atoms with van der Waals surface area (Å²) in [4.78, 5) is 40.9. The number of piperidine rings is 1. The molecular weight excluding hydrogens is 428 g/mol. The highest BCUT2D eigenvalue weighted by atomic mass is 35.5. The van der Waals surface area contributed by atoms with Crippen molar-refractivity contribution in [2.75, 3.05) is 13.1 Å². The summed E-state index contributed by atoms with van der Waals surface area (Å²) in [5.74, 6) is -1.61. The highest BCUT2D eigenvalue weighted by Gasteiger charge is 2.34. The molecule has 3 rings (SSSR count). The third kappa shape index (κ3) is 5.88.